The lowest BCUT2D eigenvalue weighted by molar-refractivity contribution is -0.0191. The highest BCUT2D eigenvalue weighted by Gasteiger charge is 2.41. The van der Waals surface area contributed by atoms with E-state index < -0.39 is 6.23 Å². The highest BCUT2D eigenvalue weighted by molar-refractivity contribution is 7.12. The van der Waals surface area contributed by atoms with Crippen molar-refractivity contribution in [2.45, 2.75) is 18.7 Å². The fraction of sp³-hybridized carbons (Fsp3) is 0.190. The fourth-order valence-electron chi connectivity index (χ4n) is 3.74. The van der Waals surface area contributed by atoms with Crippen LogP contribution in [0.15, 0.2) is 59.0 Å². The van der Waals surface area contributed by atoms with Crippen LogP contribution in [0, 0.1) is 0 Å². The van der Waals surface area contributed by atoms with Gasteiger partial charge in [-0.05, 0) is 29.6 Å². The Hall–Kier alpha value is -2.70. The van der Waals surface area contributed by atoms with Crippen LogP contribution >= 0.6 is 22.9 Å². The predicted octanol–water partition coefficient (Wildman–Crippen LogP) is 5.36. The molecule has 2 atom stereocenters. The van der Waals surface area contributed by atoms with Gasteiger partial charge >= 0.3 is 0 Å². The van der Waals surface area contributed by atoms with Gasteiger partial charge in [-0.15, -0.1) is 11.3 Å². The van der Waals surface area contributed by atoms with Crippen LogP contribution in [0.2, 0.25) is 5.02 Å². The smallest absolute Gasteiger partial charge is 0.214 e. The Bertz CT molecular complexity index is 1070. The molecule has 2 aromatic carbocycles. The van der Waals surface area contributed by atoms with Crippen molar-refractivity contribution in [1.82, 2.24) is 5.01 Å². The molecule has 0 amide bonds. The Morgan fingerprint density at radius 3 is 2.89 bits per heavy atom. The molecule has 0 fully saturated rings. The number of hydrogen-bond donors (Lipinski definition) is 1. The predicted molar refractivity (Wildman–Crippen MR) is 110 cm³/mol. The minimum Gasteiger partial charge on any atom is -0.503 e. The van der Waals surface area contributed by atoms with E-state index in [9.17, 15) is 5.11 Å². The minimum absolute atomic E-state index is 0.0747. The van der Waals surface area contributed by atoms with Crippen LogP contribution in [0.5, 0.6) is 17.2 Å². The number of fused-ring (bicyclic) bond motifs is 3. The van der Waals surface area contributed by atoms with Crippen LogP contribution in [-0.2, 0) is 0 Å². The number of hydrogen-bond acceptors (Lipinski definition) is 6. The largest absolute Gasteiger partial charge is 0.503 e. The minimum atomic E-state index is -0.468. The highest BCUT2D eigenvalue weighted by atomic mass is 35.5. The summed E-state index contributed by atoms with van der Waals surface area (Å²) in [4.78, 5) is 1.16. The average Bonchev–Trinajstić information content (AvgIpc) is 3.39. The van der Waals surface area contributed by atoms with Crippen LogP contribution < -0.4 is 9.47 Å². The van der Waals surface area contributed by atoms with Crippen LogP contribution in [0.1, 0.15) is 34.7 Å². The van der Waals surface area contributed by atoms with Gasteiger partial charge in [-0.1, -0.05) is 35.9 Å². The van der Waals surface area contributed by atoms with Gasteiger partial charge < -0.3 is 14.6 Å². The summed E-state index contributed by atoms with van der Waals surface area (Å²) in [5.74, 6) is 1.06. The molecule has 2 aliphatic rings. The first-order valence-corrected chi connectivity index (χ1v) is 10.1. The molecule has 5 nitrogen and oxygen atoms in total. The summed E-state index contributed by atoms with van der Waals surface area (Å²) in [6.45, 7) is 0. The third-order valence-electron chi connectivity index (χ3n) is 5.06. The molecule has 28 heavy (non-hydrogen) atoms. The van der Waals surface area contributed by atoms with E-state index in [4.69, 9.17) is 26.2 Å². The summed E-state index contributed by atoms with van der Waals surface area (Å²) in [6, 6.07) is 15.7. The monoisotopic (exact) mass is 412 g/mol. The topological polar surface area (TPSA) is 54.3 Å². The summed E-state index contributed by atoms with van der Waals surface area (Å²) in [6.07, 6.45) is 0.338. The molecule has 0 radical (unpaired) electrons. The molecule has 7 heteroatoms. The molecular weight excluding hydrogens is 396 g/mol. The zero-order valence-corrected chi connectivity index (χ0v) is 16.6. The number of para-hydroxylation sites is 1. The number of aromatic hydroxyl groups is 1. The molecule has 0 unspecified atom stereocenters. The summed E-state index contributed by atoms with van der Waals surface area (Å²) in [7, 11) is 1.50. The first-order chi connectivity index (χ1) is 13.7. The molecule has 0 saturated carbocycles. The van der Waals surface area contributed by atoms with E-state index in [1.54, 1.807) is 23.5 Å². The lowest BCUT2D eigenvalue weighted by atomic mass is 9.97. The first-order valence-electron chi connectivity index (χ1n) is 8.87. The van der Waals surface area contributed by atoms with Crippen molar-refractivity contribution in [2.24, 2.45) is 5.10 Å². The molecule has 3 heterocycles. The van der Waals surface area contributed by atoms with Gasteiger partial charge in [0.1, 0.15) is 5.75 Å². The Balaban J connectivity index is 1.63. The van der Waals surface area contributed by atoms with Gasteiger partial charge in [-0.3, -0.25) is 0 Å². The molecule has 1 N–H and O–H groups in total. The molecule has 142 valence electrons. The van der Waals surface area contributed by atoms with Gasteiger partial charge in [0, 0.05) is 17.5 Å². The molecule has 0 saturated heterocycles. The van der Waals surface area contributed by atoms with Crippen molar-refractivity contribution in [1.29, 1.82) is 0 Å². The Kier molecular flexibility index (Phi) is 4.18. The van der Waals surface area contributed by atoms with Gasteiger partial charge in [-0.25, -0.2) is 5.01 Å². The maximum Gasteiger partial charge on any atom is 0.214 e. The van der Waals surface area contributed by atoms with E-state index in [1.807, 2.05) is 29.3 Å². The maximum absolute atomic E-state index is 10.1. The van der Waals surface area contributed by atoms with Crippen molar-refractivity contribution in [3.8, 4) is 17.2 Å². The zero-order valence-electron chi connectivity index (χ0n) is 15.0. The van der Waals surface area contributed by atoms with Gasteiger partial charge in [0.25, 0.3) is 0 Å². The Morgan fingerprint density at radius 1 is 1.25 bits per heavy atom. The van der Waals surface area contributed by atoms with Crippen molar-refractivity contribution in [3.63, 3.8) is 0 Å². The van der Waals surface area contributed by atoms with E-state index in [2.05, 4.69) is 17.5 Å². The molecule has 1 aromatic heterocycles. The van der Waals surface area contributed by atoms with E-state index in [0.717, 1.165) is 33.9 Å². The van der Waals surface area contributed by atoms with E-state index in [-0.39, 0.29) is 16.8 Å². The summed E-state index contributed by atoms with van der Waals surface area (Å²) in [5.41, 5.74) is 2.93. The van der Waals surface area contributed by atoms with Crippen molar-refractivity contribution >= 4 is 28.6 Å². The van der Waals surface area contributed by atoms with Gasteiger partial charge in [0.2, 0.25) is 6.23 Å². The zero-order chi connectivity index (χ0) is 19.3. The first kappa shape index (κ1) is 17.4. The quantitative estimate of drug-likeness (QED) is 0.629. The number of methoxy groups -OCH3 is 1. The normalized spacial score (nSPS) is 20.2. The molecule has 0 aliphatic carbocycles. The second-order valence-electron chi connectivity index (χ2n) is 6.69. The summed E-state index contributed by atoms with van der Waals surface area (Å²) >= 11 is 7.91. The van der Waals surface area contributed by atoms with Gasteiger partial charge in [0.05, 0.1) is 28.8 Å². The second kappa shape index (κ2) is 6.72. The number of hydrazone groups is 1. The number of thiophene rings is 1. The number of ether oxygens (including phenoxy) is 2. The molecule has 2 aliphatic heterocycles. The lowest BCUT2D eigenvalue weighted by Gasteiger charge is -2.38. The van der Waals surface area contributed by atoms with E-state index in [1.165, 1.54) is 7.11 Å². The van der Waals surface area contributed by atoms with E-state index >= 15 is 0 Å². The number of benzene rings is 2. The second-order valence-corrected chi connectivity index (χ2v) is 8.04. The Morgan fingerprint density at radius 2 is 2.11 bits per heavy atom. The third kappa shape index (κ3) is 2.72. The third-order valence-corrected chi connectivity index (χ3v) is 6.27. The molecule has 0 bridgehead atoms. The molecule has 3 aromatic rings. The highest BCUT2D eigenvalue weighted by Crippen LogP contribution is 2.49. The van der Waals surface area contributed by atoms with Crippen LogP contribution in [0.4, 0.5) is 0 Å². The molecular formula is C21H17ClN2O3S. The standard InChI is InChI=1S/C21H17ClN2O3S/c1-26-18-10-12(9-14(22)20(18)25)21-24-16(13-5-2-3-6-17(13)27-21)11-15(23-24)19-7-4-8-28-19/h2-10,16,21,25H,11H2,1H3/t16-,21-/m1/s1. The number of rotatable bonds is 3. The van der Waals surface area contributed by atoms with Crippen molar-refractivity contribution < 1.29 is 14.6 Å². The molecule has 5 rings (SSSR count). The van der Waals surface area contributed by atoms with Crippen LogP contribution in [0.25, 0.3) is 0 Å². The van der Waals surface area contributed by atoms with Crippen molar-refractivity contribution in [3.05, 3.63) is 74.9 Å². The van der Waals surface area contributed by atoms with Crippen molar-refractivity contribution in [2.75, 3.05) is 7.11 Å². The molecule has 0 spiro atoms. The average molecular weight is 413 g/mol. The fourth-order valence-corrected chi connectivity index (χ4v) is 4.68. The Labute approximate surface area is 171 Å². The van der Waals surface area contributed by atoms with Crippen LogP contribution in [0.3, 0.4) is 0 Å². The summed E-state index contributed by atoms with van der Waals surface area (Å²) in [5, 5.41) is 19.3. The van der Waals surface area contributed by atoms with Gasteiger partial charge in [-0.2, -0.15) is 5.10 Å². The van der Waals surface area contributed by atoms with Gasteiger partial charge in [0.15, 0.2) is 11.5 Å². The summed E-state index contributed by atoms with van der Waals surface area (Å²) < 4.78 is 11.6. The number of phenolic OH excluding ortho intramolecular Hbond substituents is 1. The SMILES string of the molecule is COc1cc([C@H]2Oc3ccccc3[C@H]3CC(c4cccs4)=NN32)cc(Cl)c1O. The number of phenols is 1. The van der Waals surface area contributed by atoms with E-state index in [0.29, 0.717) is 5.75 Å². The number of halogens is 1. The maximum atomic E-state index is 10.1. The van der Waals surface area contributed by atoms with Crippen LogP contribution in [-0.4, -0.2) is 22.9 Å². The lowest BCUT2D eigenvalue weighted by Crippen LogP contribution is -2.33. The number of nitrogens with zero attached hydrogens (tertiary/aromatic N) is 2.